The molecule has 0 aliphatic heterocycles. The Labute approximate surface area is 124 Å². The van der Waals surface area contributed by atoms with Gasteiger partial charge in [-0.3, -0.25) is 10.8 Å². The summed E-state index contributed by atoms with van der Waals surface area (Å²) < 4.78 is 5.72. The number of hydrogen-bond donors (Lipinski definition) is 2. The maximum atomic E-state index is 5.81. The summed E-state index contributed by atoms with van der Waals surface area (Å²) in [6.45, 7) is 5.99. The van der Waals surface area contributed by atoms with Crippen LogP contribution in [0.15, 0.2) is 40.9 Å². The Morgan fingerprint density at radius 1 is 1.14 bits per heavy atom. The predicted octanol–water partition coefficient (Wildman–Crippen LogP) is 3.31. The minimum Gasteiger partial charge on any atom is -0.466 e. The summed E-state index contributed by atoms with van der Waals surface area (Å²) in [7, 11) is 0. The quantitative estimate of drug-likeness (QED) is 0.571. The molecule has 0 saturated heterocycles. The zero-order valence-electron chi connectivity index (χ0n) is 12.5. The molecule has 1 aromatic carbocycles. The number of pyridine rings is 1. The van der Waals surface area contributed by atoms with Crippen LogP contribution in [0.3, 0.4) is 0 Å². The zero-order chi connectivity index (χ0) is 15.0. The summed E-state index contributed by atoms with van der Waals surface area (Å²) >= 11 is 0. The van der Waals surface area contributed by atoms with Crippen LogP contribution in [0, 0.1) is 20.8 Å². The maximum absolute atomic E-state index is 5.81. The van der Waals surface area contributed by atoms with Crippen molar-refractivity contribution in [2.75, 3.05) is 0 Å². The van der Waals surface area contributed by atoms with Gasteiger partial charge in [-0.1, -0.05) is 18.2 Å². The van der Waals surface area contributed by atoms with E-state index in [4.69, 9.17) is 10.3 Å². The highest BCUT2D eigenvalue weighted by molar-refractivity contribution is 5.79. The number of hydrogen-bond acceptors (Lipinski definition) is 4. The second kappa shape index (κ2) is 5.31. The van der Waals surface area contributed by atoms with Crippen LogP contribution in [0.4, 0.5) is 0 Å². The molecule has 0 saturated carbocycles. The first-order valence-electron chi connectivity index (χ1n) is 6.99. The maximum Gasteiger partial charge on any atom is 0.106 e. The summed E-state index contributed by atoms with van der Waals surface area (Å²) in [4.78, 5) is 4.52. The first kappa shape index (κ1) is 13.8. The van der Waals surface area contributed by atoms with Crippen molar-refractivity contribution >= 4 is 10.9 Å². The third kappa shape index (κ3) is 2.33. The van der Waals surface area contributed by atoms with E-state index in [1.165, 1.54) is 0 Å². The van der Waals surface area contributed by atoms with Crippen LogP contribution in [0.5, 0.6) is 0 Å². The smallest absolute Gasteiger partial charge is 0.106 e. The molecule has 21 heavy (non-hydrogen) atoms. The number of nitrogens with one attached hydrogen (secondary N) is 1. The van der Waals surface area contributed by atoms with E-state index in [2.05, 4.69) is 29.5 Å². The molecule has 4 heteroatoms. The fourth-order valence-corrected chi connectivity index (χ4v) is 2.83. The molecule has 2 aromatic heterocycles. The number of benzene rings is 1. The van der Waals surface area contributed by atoms with E-state index in [-0.39, 0.29) is 6.04 Å². The Morgan fingerprint density at radius 2 is 1.90 bits per heavy atom. The Bertz CT molecular complexity index is 792. The number of fused-ring (bicyclic) bond motifs is 1. The van der Waals surface area contributed by atoms with Gasteiger partial charge in [0, 0.05) is 17.1 Å². The molecule has 1 atom stereocenters. The molecule has 0 amide bonds. The minimum absolute atomic E-state index is 0.125. The van der Waals surface area contributed by atoms with Gasteiger partial charge in [0.2, 0.25) is 0 Å². The largest absolute Gasteiger partial charge is 0.466 e. The summed E-state index contributed by atoms with van der Waals surface area (Å²) in [5.41, 5.74) is 7.12. The van der Waals surface area contributed by atoms with Crippen LogP contribution in [-0.4, -0.2) is 4.98 Å². The standard InChI is InChI=1S/C17H19N3O/c1-10-11(2)21-12(3)16(10)17(20-18)14-8-13-6-4-5-7-15(13)19-9-14/h4-9,17,20H,18H2,1-3H3. The lowest BCUT2D eigenvalue weighted by Gasteiger charge is -2.17. The normalized spacial score (nSPS) is 12.8. The van der Waals surface area contributed by atoms with Gasteiger partial charge in [0.25, 0.3) is 0 Å². The highest BCUT2D eigenvalue weighted by Gasteiger charge is 2.22. The first-order chi connectivity index (χ1) is 10.1. The summed E-state index contributed by atoms with van der Waals surface area (Å²) in [5.74, 6) is 7.63. The summed E-state index contributed by atoms with van der Waals surface area (Å²) in [6, 6.07) is 10.1. The molecular formula is C17H19N3O. The molecule has 0 radical (unpaired) electrons. The van der Waals surface area contributed by atoms with Crippen molar-refractivity contribution < 1.29 is 4.42 Å². The molecule has 4 nitrogen and oxygen atoms in total. The number of nitrogens with zero attached hydrogens (tertiary/aromatic N) is 1. The van der Waals surface area contributed by atoms with Crippen LogP contribution in [-0.2, 0) is 0 Å². The minimum atomic E-state index is -0.125. The average Bonchev–Trinajstić information content (AvgIpc) is 2.74. The highest BCUT2D eigenvalue weighted by Crippen LogP contribution is 2.31. The average molecular weight is 281 g/mol. The van der Waals surface area contributed by atoms with Gasteiger partial charge in [0.05, 0.1) is 11.6 Å². The number of hydrazine groups is 1. The van der Waals surface area contributed by atoms with Crippen molar-refractivity contribution in [3.63, 3.8) is 0 Å². The van der Waals surface area contributed by atoms with E-state index in [1.54, 1.807) is 0 Å². The Hall–Kier alpha value is -2.17. The van der Waals surface area contributed by atoms with E-state index < -0.39 is 0 Å². The van der Waals surface area contributed by atoms with Crippen molar-refractivity contribution in [1.29, 1.82) is 0 Å². The molecule has 0 bridgehead atoms. The van der Waals surface area contributed by atoms with E-state index in [1.807, 2.05) is 38.2 Å². The number of aryl methyl sites for hydroxylation is 2. The second-order valence-corrected chi connectivity index (χ2v) is 5.31. The van der Waals surface area contributed by atoms with Gasteiger partial charge in [0.1, 0.15) is 11.5 Å². The highest BCUT2D eigenvalue weighted by atomic mass is 16.3. The first-order valence-corrected chi connectivity index (χ1v) is 6.99. The summed E-state index contributed by atoms with van der Waals surface area (Å²) in [6.07, 6.45) is 1.87. The van der Waals surface area contributed by atoms with Gasteiger partial charge in [-0.15, -0.1) is 0 Å². The Morgan fingerprint density at radius 3 is 2.57 bits per heavy atom. The van der Waals surface area contributed by atoms with Crippen LogP contribution >= 0.6 is 0 Å². The van der Waals surface area contributed by atoms with Crippen molar-refractivity contribution in [2.45, 2.75) is 26.8 Å². The van der Waals surface area contributed by atoms with Gasteiger partial charge in [-0.05, 0) is 44.0 Å². The Kier molecular flexibility index (Phi) is 3.49. The Balaban J connectivity index is 2.13. The summed E-state index contributed by atoms with van der Waals surface area (Å²) in [5, 5.41) is 1.10. The fraction of sp³-hybridized carbons (Fsp3) is 0.235. The fourth-order valence-electron chi connectivity index (χ4n) is 2.83. The molecule has 0 spiro atoms. The van der Waals surface area contributed by atoms with Crippen LogP contribution in [0.1, 0.15) is 34.3 Å². The second-order valence-electron chi connectivity index (χ2n) is 5.31. The van der Waals surface area contributed by atoms with E-state index in [9.17, 15) is 0 Å². The number of aromatic nitrogens is 1. The molecule has 1 unspecified atom stereocenters. The van der Waals surface area contributed by atoms with Crippen molar-refractivity contribution in [1.82, 2.24) is 10.4 Å². The van der Waals surface area contributed by atoms with Crippen molar-refractivity contribution in [3.05, 3.63) is 64.7 Å². The molecule has 108 valence electrons. The van der Waals surface area contributed by atoms with E-state index in [0.717, 1.165) is 39.1 Å². The van der Waals surface area contributed by atoms with E-state index in [0.29, 0.717) is 0 Å². The van der Waals surface area contributed by atoms with Crippen molar-refractivity contribution in [2.24, 2.45) is 5.84 Å². The van der Waals surface area contributed by atoms with Gasteiger partial charge >= 0.3 is 0 Å². The van der Waals surface area contributed by atoms with Gasteiger partial charge < -0.3 is 4.42 Å². The SMILES string of the molecule is Cc1oc(C)c(C(NN)c2cnc3ccccc3c2)c1C. The van der Waals surface area contributed by atoms with Gasteiger partial charge in [-0.25, -0.2) is 5.43 Å². The van der Waals surface area contributed by atoms with Gasteiger partial charge in [0.15, 0.2) is 0 Å². The lowest BCUT2D eigenvalue weighted by Crippen LogP contribution is -2.29. The monoisotopic (exact) mass is 281 g/mol. The van der Waals surface area contributed by atoms with Crippen LogP contribution in [0.25, 0.3) is 10.9 Å². The number of furan rings is 1. The van der Waals surface area contributed by atoms with Crippen LogP contribution < -0.4 is 11.3 Å². The molecular weight excluding hydrogens is 262 g/mol. The molecule has 3 aromatic rings. The molecule has 0 fully saturated rings. The van der Waals surface area contributed by atoms with Gasteiger partial charge in [-0.2, -0.15) is 0 Å². The lowest BCUT2D eigenvalue weighted by atomic mass is 9.96. The topological polar surface area (TPSA) is 64.1 Å². The molecule has 0 aliphatic carbocycles. The predicted molar refractivity (Wildman–Crippen MR) is 83.8 cm³/mol. The number of para-hydroxylation sites is 1. The third-order valence-electron chi connectivity index (χ3n) is 4.02. The van der Waals surface area contributed by atoms with Crippen LogP contribution in [0.2, 0.25) is 0 Å². The number of nitrogens with two attached hydrogens (primary N) is 1. The lowest BCUT2D eigenvalue weighted by molar-refractivity contribution is 0.494. The van der Waals surface area contributed by atoms with Crippen molar-refractivity contribution in [3.8, 4) is 0 Å². The molecule has 3 N–H and O–H groups in total. The third-order valence-corrected chi connectivity index (χ3v) is 4.02. The molecule has 0 aliphatic rings. The number of rotatable bonds is 3. The molecule has 2 heterocycles. The van der Waals surface area contributed by atoms with E-state index >= 15 is 0 Å². The molecule has 3 rings (SSSR count). The zero-order valence-corrected chi connectivity index (χ0v) is 12.5.